The number of carbonyl (C=O) groups is 1. The zero-order valence-electron chi connectivity index (χ0n) is 14.2. The van der Waals surface area contributed by atoms with E-state index in [2.05, 4.69) is 5.32 Å². The normalized spacial score (nSPS) is 22.9. The molecule has 0 saturated heterocycles. The number of hydrogen-bond donors (Lipinski definition) is 3. The number of carbonyl (C=O) groups excluding carboxylic acids is 1. The fraction of sp³-hybridized carbons (Fsp3) is 0.381. The SMILES string of the molecule is O=C(CC(c1ccccc1)c1ccccc1)N[C@@H]1C[C@@H](CO)[C@H](O)C1. The highest BCUT2D eigenvalue weighted by Gasteiger charge is 2.33. The molecule has 1 aliphatic carbocycles. The Kier molecular flexibility index (Phi) is 5.84. The molecule has 4 nitrogen and oxygen atoms in total. The Labute approximate surface area is 148 Å². The number of aliphatic hydroxyl groups excluding tert-OH is 2. The van der Waals surface area contributed by atoms with Gasteiger partial charge < -0.3 is 15.5 Å². The number of hydrogen-bond acceptors (Lipinski definition) is 3. The Hall–Kier alpha value is -2.17. The van der Waals surface area contributed by atoms with Gasteiger partial charge >= 0.3 is 0 Å². The van der Waals surface area contributed by atoms with Gasteiger partial charge in [0.15, 0.2) is 0 Å². The van der Waals surface area contributed by atoms with Crippen molar-refractivity contribution >= 4 is 5.91 Å². The highest BCUT2D eigenvalue weighted by atomic mass is 16.3. The van der Waals surface area contributed by atoms with Crippen LogP contribution in [0.5, 0.6) is 0 Å². The van der Waals surface area contributed by atoms with Gasteiger partial charge in [-0.15, -0.1) is 0 Å². The molecule has 0 radical (unpaired) electrons. The predicted molar refractivity (Wildman–Crippen MR) is 97.1 cm³/mol. The number of rotatable bonds is 6. The van der Waals surface area contributed by atoms with Crippen molar-refractivity contribution in [3.8, 4) is 0 Å². The van der Waals surface area contributed by atoms with Crippen molar-refractivity contribution in [3.05, 3.63) is 71.8 Å². The zero-order valence-corrected chi connectivity index (χ0v) is 14.2. The summed E-state index contributed by atoms with van der Waals surface area (Å²) in [5.41, 5.74) is 2.23. The van der Waals surface area contributed by atoms with Crippen LogP contribution in [0.2, 0.25) is 0 Å². The van der Waals surface area contributed by atoms with Crippen molar-refractivity contribution in [3.63, 3.8) is 0 Å². The third kappa shape index (κ3) is 4.47. The van der Waals surface area contributed by atoms with Crippen molar-refractivity contribution < 1.29 is 15.0 Å². The Bertz CT molecular complexity index is 635. The maximum Gasteiger partial charge on any atom is 0.221 e. The Morgan fingerprint density at radius 3 is 2.04 bits per heavy atom. The molecule has 2 aromatic carbocycles. The lowest BCUT2D eigenvalue weighted by atomic mass is 9.88. The third-order valence-electron chi connectivity index (χ3n) is 5.05. The van der Waals surface area contributed by atoms with Gasteiger partial charge in [0.2, 0.25) is 5.91 Å². The van der Waals surface area contributed by atoms with Gasteiger partial charge in [-0.25, -0.2) is 0 Å². The molecule has 0 aromatic heterocycles. The number of aliphatic hydroxyl groups is 2. The molecule has 1 fully saturated rings. The maximum atomic E-state index is 12.6. The van der Waals surface area contributed by atoms with Gasteiger partial charge in [-0.3, -0.25) is 4.79 Å². The molecule has 1 aliphatic rings. The van der Waals surface area contributed by atoms with Crippen LogP contribution in [0.4, 0.5) is 0 Å². The lowest BCUT2D eigenvalue weighted by Gasteiger charge is -2.19. The minimum atomic E-state index is -0.533. The highest BCUT2D eigenvalue weighted by Crippen LogP contribution is 2.29. The van der Waals surface area contributed by atoms with Crippen molar-refractivity contribution in [1.82, 2.24) is 5.32 Å². The molecule has 132 valence electrons. The minimum Gasteiger partial charge on any atom is -0.396 e. The molecule has 3 N–H and O–H groups in total. The van der Waals surface area contributed by atoms with Crippen LogP contribution in [-0.4, -0.2) is 34.9 Å². The second-order valence-electron chi connectivity index (χ2n) is 6.82. The van der Waals surface area contributed by atoms with Crippen LogP contribution < -0.4 is 5.32 Å². The van der Waals surface area contributed by atoms with Gasteiger partial charge in [0, 0.05) is 30.9 Å². The molecule has 2 aromatic rings. The fourth-order valence-electron chi connectivity index (χ4n) is 3.69. The Morgan fingerprint density at radius 2 is 1.56 bits per heavy atom. The summed E-state index contributed by atoms with van der Waals surface area (Å²) in [6.45, 7) is -0.0375. The van der Waals surface area contributed by atoms with E-state index in [1.807, 2.05) is 60.7 Å². The molecule has 0 aliphatic heterocycles. The highest BCUT2D eigenvalue weighted by molar-refractivity contribution is 5.78. The third-order valence-corrected chi connectivity index (χ3v) is 5.05. The maximum absolute atomic E-state index is 12.6. The van der Waals surface area contributed by atoms with E-state index < -0.39 is 6.10 Å². The van der Waals surface area contributed by atoms with Crippen molar-refractivity contribution in [2.45, 2.75) is 37.3 Å². The number of benzene rings is 2. The molecule has 0 unspecified atom stereocenters. The van der Waals surface area contributed by atoms with Crippen LogP contribution in [-0.2, 0) is 4.79 Å². The van der Waals surface area contributed by atoms with E-state index in [1.54, 1.807) is 0 Å². The van der Waals surface area contributed by atoms with Crippen LogP contribution >= 0.6 is 0 Å². The largest absolute Gasteiger partial charge is 0.396 e. The fourth-order valence-corrected chi connectivity index (χ4v) is 3.69. The molecule has 3 atom stereocenters. The van der Waals surface area contributed by atoms with E-state index in [0.717, 1.165) is 11.1 Å². The summed E-state index contributed by atoms with van der Waals surface area (Å²) in [6, 6.07) is 20.0. The molecule has 1 amide bonds. The summed E-state index contributed by atoms with van der Waals surface area (Å²) >= 11 is 0. The molecule has 4 heteroatoms. The minimum absolute atomic E-state index is 0.00219. The van der Waals surface area contributed by atoms with Crippen molar-refractivity contribution in [2.24, 2.45) is 5.92 Å². The summed E-state index contributed by atoms with van der Waals surface area (Å²) in [4.78, 5) is 12.6. The smallest absolute Gasteiger partial charge is 0.221 e. The van der Waals surface area contributed by atoms with Crippen LogP contribution in [0, 0.1) is 5.92 Å². The number of nitrogens with one attached hydrogen (secondary N) is 1. The monoisotopic (exact) mass is 339 g/mol. The second kappa shape index (κ2) is 8.28. The van der Waals surface area contributed by atoms with Crippen molar-refractivity contribution in [2.75, 3.05) is 6.61 Å². The van der Waals surface area contributed by atoms with Crippen LogP contribution in [0.15, 0.2) is 60.7 Å². The van der Waals surface area contributed by atoms with Gasteiger partial charge in [-0.2, -0.15) is 0 Å². The molecular weight excluding hydrogens is 314 g/mol. The molecule has 1 saturated carbocycles. The van der Waals surface area contributed by atoms with Crippen LogP contribution in [0.3, 0.4) is 0 Å². The molecule has 0 bridgehead atoms. The van der Waals surface area contributed by atoms with Gasteiger partial charge in [-0.1, -0.05) is 60.7 Å². The molecule has 0 spiro atoms. The zero-order chi connectivity index (χ0) is 17.6. The first-order valence-corrected chi connectivity index (χ1v) is 8.85. The van der Waals surface area contributed by atoms with E-state index in [0.29, 0.717) is 19.3 Å². The summed E-state index contributed by atoms with van der Waals surface area (Å²) in [7, 11) is 0. The molecular formula is C21H25NO3. The summed E-state index contributed by atoms with van der Waals surface area (Å²) in [6.07, 6.45) is 0.974. The standard InChI is InChI=1S/C21H25NO3/c23-14-17-11-18(12-20(17)24)22-21(25)13-19(15-7-3-1-4-8-15)16-9-5-2-6-10-16/h1-10,17-20,23-24H,11-14H2,(H,22,25)/t17-,18+,20+/m0/s1. The first-order chi connectivity index (χ1) is 12.2. The van der Waals surface area contributed by atoms with E-state index in [1.165, 1.54) is 0 Å². The summed E-state index contributed by atoms with van der Waals surface area (Å²) < 4.78 is 0. The molecule has 3 rings (SSSR count). The van der Waals surface area contributed by atoms with Crippen LogP contribution in [0.25, 0.3) is 0 Å². The average Bonchev–Trinajstić information content (AvgIpc) is 3.00. The van der Waals surface area contributed by atoms with E-state index in [4.69, 9.17) is 0 Å². The van der Waals surface area contributed by atoms with Gasteiger partial charge in [0.25, 0.3) is 0 Å². The van der Waals surface area contributed by atoms with E-state index >= 15 is 0 Å². The topological polar surface area (TPSA) is 69.6 Å². The predicted octanol–water partition coefficient (Wildman–Crippen LogP) is 2.46. The lowest BCUT2D eigenvalue weighted by molar-refractivity contribution is -0.122. The summed E-state index contributed by atoms with van der Waals surface area (Å²) in [5, 5.41) is 22.2. The van der Waals surface area contributed by atoms with Gasteiger partial charge in [0.05, 0.1) is 6.10 Å². The average molecular weight is 339 g/mol. The quantitative estimate of drug-likeness (QED) is 0.757. The Balaban J connectivity index is 1.69. The second-order valence-corrected chi connectivity index (χ2v) is 6.82. The molecule has 25 heavy (non-hydrogen) atoms. The lowest BCUT2D eigenvalue weighted by Crippen LogP contribution is -2.34. The first kappa shape index (κ1) is 17.6. The van der Waals surface area contributed by atoms with Crippen molar-refractivity contribution in [1.29, 1.82) is 0 Å². The van der Waals surface area contributed by atoms with Crippen LogP contribution in [0.1, 0.15) is 36.3 Å². The first-order valence-electron chi connectivity index (χ1n) is 8.85. The Morgan fingerprint density at radius 1 is 1.00 bits per heavy atom. The van der Waals surface area contributed by atoms with Gasteiger partial charge in [-0.05, 0) is 24.0 Å². The van der Waals surface area contributed by atoms with Gasteiger partial charge in [0.1, 0.15) is 0 Å². The molecule has 0 heterocycles. The summed E-state index contributed by atoms with van der Waals surface area (Å²) in [5.74, 6) is -0.153. The van der Waals surface area contributed by atoms with E-state index in [-0.39, 0.29) is 30.4 Å². The van der Waals surface area contributed by atoms with E-state index in [9.17, 15) is 15.0 Å². The number of amides is 1.